The van der Waals surface area contributed by atoms with Gasteiger partial charge in [0.15, 0.2) is 0 Å². The minimum Gasteiger partial charge on any atom is -0.329 e. The Kier molecular flexibility index (Phi) is 28.3. The fourth-order valence-corrected chi connectivity index (χ4v) is 6.01. The maximum absolute atomic E-state index is 13.1. The summed E-state index contributed by atoms with van der Waals surface area (Å²) < 4.78 is 0. The third kappa shape index (κ3) is 20.8. The van der Waals surface area contributed by atoms with Gasteiger partial charge in [-0.15, -0.1) is 0 Å². The Labute approximate surface area is 245 Å². The van der Waals surface area contributed by atoms with Gasteiger partial charge in [-0.1, -0.05) is 175 Å². The Hall–Kier alpha value is -0.700. The van der Waals surface area contributed by atoms with E-state index in [9.17, 15) is 9.59 Å². The van der Waals surface area contributed by atoms with Crippen LogP contribution in [0.2, 0.25) is 0 Å². The molecular formula is C36H71NO2. The van der Waals surface area contributed by atoms with E-state index in [1.165, 1.54) is 141 Å². The molecule has 0 aliphatic heterocycles. The van der Waals surface area contributed by atoms with Crippen LogP contribution in [0.4, 0.5) is 0 Å². The molecule has 0 saturated heterocycles. The molecule has 0 saturated carbocycles. The lowest BCUT2D eigenvalue weighted by Crippen LogP contribution is -2.45. The van der Waals surface area contributed by atoms with Gasteiger partial charge in [0.1, 0.15) is 11.6 Å². The van der Waals surface area contributed by atoms with E-state index in [0.29, 0.717) is 19.3 Å². The summed E-state index contributed by atoms with van der Waals surface area (Å²) in [7, 11) is 0. The number of nitrogens with two attached hydrogens (primary N) is 1. The second-order valence-corrected chi connectivity index (χ2v) is 12.5. The lowest BCUT2D eigenvalue weighted by Gasteiger charge is -2.28. The predicted octanol–water partition coefficient (Wildman–Crippen LogP) is 11.4. The number of hydrogen-bond donors (Lipinski definition) is 1. The van der Waals surface area contributed by atoms with Gasteiger partial charge in [-0.25, -0.2) is 0 Å². The number of unbranched alkanes of at least 4 members (excludes halogenated alkanes) is 24. The van der Waals surface area contributed by atoms with Crippen molar-refractivity contribution in [2.75, 3.05) is 6.54 Å². The van der Waals surface area contributed by atoms with Crippen LogP contribution in [0, 0.1) is 5.41 Å². The zero-order valence-corrected chi connectivity index (χ0v) is 27.1. The topological polar surface area (TPSA) is 60.2 Å². The van der Waals surface area contributed by atoms with Crippen LogP contribution >= 0.6 is 0 Å². The van der Waals surface area contributed by atoms with E-state index in [4.69, 9.17) is 5.73 Å². The highest BCUT2D eigenvalue weighted by Crippen LogP contribution is 2.29. The lowest BCUT2D eigenvalue weighted by atomic mass is 9.73. The maximum atomic E-state index is 13.1. The molecular weight excluding hydrogens is 478 g/mol. The van der Waals surface area contributed by atoms with E-state index in [0.717, 1.165) is 25.7 Å². The fourth-order valence-electron chi connectivity index (χ4n) is 6.01. The first kappa shape index (κ1) is 38.3. The van der Waals surface area contributed by atoms with Crippen molar-refractivity contribution in [3.05, 3.63) is 0 Å². The van der Waals surface area contributed by atoms with Crippen LogP contribution in [0.25, 0.3) is 0 Å². The summed E-state index contributed by atoms with van der Waals surface area (Å²) in [5.41, 5.74) is 5.14. The quantitative estimate of drug-likeness (QED) is 0.0670. The van der Waals surface area contributed by atoms with Gasteiger partial charge in [-0.05, 0) is 19.3 Å². The van der Waals surface area contributed by atoms with Gasteiger partial charge < -0.3 is 5.73 Å². The third-order valence-electron chi connectivity index (χ3n) is 9.03. The molecule has 39 heavy (non-hydrogen) atoms. The highest BCUT2D eigenvalue weighted by molar-refractivity contribution is 6.07. The standard InChI is InChI=1S/C36H71NO2/c1-4-7-9-11-13-15-17-19-21-23-25-27-29-31-34(38)36(6-3,33-37)35(39)32-30-28-26-24-22-20-18-16-14-12-10-8-5-2/h4-33,37H2,1-3H3. The zero-order valence-electron chi connectivity index (χ0n) is 27.1. The molecule has 0 aromatic heterocycles. The van der Waals surface area contributed by atoms with E-state index < -0.39 is 5.41 Å². The van der Waals surface area contributed by atoms with Gasteiger partial charge >= 0.3 is 0 Å². The smallest absolute Gasteiger partial charge is 0.147 e. The second-order valence-electron chi connectivity index (χ2n) is 12.5. The van der Waals surface area contributed by atoms with Crippen molar-refractivity contribution in [2.45, 2.75) is 207 Å². The monoisotopic (exact) mass is 550 g/mol. The Morgan fingerprint density at radius 1 is 0.410 bits per heavy atom. The maximum Gasteiger partial charge on any atom is 0.147 e. The Bertz CT molecular complexity index is 496. The zero-order chi connectivity index (χ0) is 28.9. The lowest BCUT2D eigenvalue weighted by molar-refractivity contribution is -0.140. The summed E-state index contributed by atoms with van der Waals surface area (Å²) in [4.78, 5) is 26.2. The number of Topliss-reactive ketones (excluding diaryl/α,β-unsaturated/α-hetero) is 2. The van der Waals surface area contributed by atoms with E-state index in [1.54, 1.807) is 0 Å². The van der Waals surface area contributed by atoms with Crippen molar-refractivity contribution in [3.63, 3.8) is 0 Å². The highest BCUT2D eigenvalue weighted by Gasteiger charge is 2.40. The van der Waals surface area contributed by atoms with Crippen molar-refractivity contribution in [2.24, 2.45) is 11.1 Å². The van der Waals surface area contributed by atoms with Gasteiger partial charge in [0, 0.05) is 19.4 Å². The molecule has 0 spiro atoms. The van der Waals surface area contributed by atoms with Crippen LogP contribution in [0.1, 0.15) is 207 Å². The van der Waals surface area contributed by atoms with Crippen LogP contribution in [0.15, 0.2) is 0 Å². The number of ketones is 2. The molecule has 232 valence electrons. The van der Waals surface area contributed by atoms with Crippen molar-refractivity contribution in [1.82, 2.24) is 0 Å². The molecule has 0 fully saturated rings. The minimum absolute atomic E-state index is 0.107. The Balaban J connectivity index is 3.87. The number of hydrogen-bond acceptors (Lipinski definition) is 3. The first-order valence-electron chi connectivity index (χ1n) is 17.9. The summed E-state index contributed by atoms with van der Waals surface area (Å²) >= 11 is 0. The molecule has 0 aliphatic rings. The highest BCUT2D eigenvalue weighted by atomic mass is 16.2. The van der Waals surface area contributed by atoms with E-state index in [1.807, 2.05) is 6.92 Å². The van der Waals surface area contributed by atoms with Crippen molar-refractivity contribution in [1.29, 1.82) is 0 Å². The molecule has 0 amide bonds. The van der Waals surface area contributed by atoms with Crippen LogP contribution in [-0.4, -0.2) is 18.1 Å². The Morgan fingerprint density at radius 2 is 0.641 bits per heavy atom. The van der Waals surface area contributed by atoms with Gasteiger partial charge in [0.25, 0.3) is 0 Å². The van der Waals surface area contributed by atoms with Gasteiger partial charge in [-0.2, -0.15) is 0 Å². The van der Waals surface area contributed by atoms with Crippen molar-refractivity contribution < 1.29 is 9.59 Å². The Morgan fingerprint density at radius 3 is 0.846 bits per heavy atom. The molecule has 0 aromatic carbocycles. The molecule has 0 radical (unpaired) electrons. The van der Waals surface area contributed by atoms with E-state index in [2.05, 4.69) is 13.8 Å². The third-order valence-corrected chi connectivity index (χ3v) is 9.03. The van der Waals surface area contributed by atoms with E-state index in [-0.39, 0.29) is 18.1 Å². The molecule has 3 heteroatoms. The van der Waals surface area contributed by atoms with Crippen LogP contribution in [0.3, 0.4) is 0 Å². The normalized spacial score (nSPS) is 11.8. The van der Waals surface area contributed by atoms with Crippen LogP contribution in [0.5, 0.6) is 0 Å². The van der Waals surface area contributed by atoms with Crippen molar-refractivity contribution in [3.8, 4) is 0 Å². The summed E-state index contributed by atoms with van der Waals surface area (Å²) in [6.07, 6.45) is 35.3. The molecule has 0 aliphatic carbocycles. The molecule has 2 N–H and O–H groups in total. The largest absolute Gasteiger partial charge is 0.329 e. The SMILES string of the molecule is CCCCCCCCCCCCCCCC(=O)C(CC)(CN)C(=O)CCCCCCCCCCCCCCC. The molecule has 0 aromatic rings. The first-order valence-corrected chi connectivity index (χ1v) is 17.9. The van der Waals surface area contributed by atoms with Gasteiger partial charge in [-0.3, -0.25) is 9.59 Å². The summed E-state index contributed by atoms with van der Waals surface area (Å²) in [6, 6.07) is 0. The van der Waals surface area contributed by atoms with Crippen molar-refractivity contribution >= 4 is 11.6 Å². The fraction of sp³-hybridized carbons (Fsp3) is 0.944. The minimum atomic E-state index is -0.922. The van der Waals surface area contributed by atoms with Crippen LogP contribution in [-0.2, 0) is 9.59 Å². The molecule has 0 unspecified atom stereocenters. The molecule has 0 rings (SSSR count). The summed E-state index contributed by atoms with van der Waals surface area (Å²) in [6.45, 7) is 6.69. The van der Waals surface area contributed by atoms with E-state index >= 15 is 0 Å². The van der Waals surface area contributed by atoms with Crippen LogP contribution < -0.4 is 5.73 Å². The number of carbonyl (C=O) groups excluding carboxylic acids is 2. The molecule has 3 nitrogen and oxygen atoms in total. The van der Waals surface area contributed by atoms with Gasteiger partial charge in [0.2, 0.25) is 0 Å². The second kappa shape index (κ2) is 28.8. The van der Waals surface area contributed by atoms with Gasteiger partial charge in [0.05, 0.1) is 5.41 Å². The average molecular weight is 550 g/mol. The summed E-state index contributed by atoms with van der Waals surface area (Å²) in [5, 5.41) is 0. The summed E-state index contributed by atoms with van der Waals surface area (Å²) in [5.74, 6) is 0.213. The molecule has 0 heterocycles. The predicted molar refractivity (Wildman–Crippen MR) is 172 cm³/mol. The molecule has 0 bridgehead atoms. The molecule has 0 atom stereocenters. The number of rotatable bonds is 32. The average Bonchev–Trinajstić information content (AvgIpc) is 2.94. The first-order chi connectivity index (χ1) is 19.1. The number of carbonyl (C=O) groups is 2.